The number of ether oxygens (including phenoxy) is 1. The molecule has 0 atom stereocenters. The van der Waals surface area contributed by atoms with Crippen LogP contribution in [0.2, 0.25) is 0 Å². The molecule has 0 radical (unpaired) electrons. The van der Waals surface area contributed by atoms with Gasteiger partial charge in [0.1, 0.15) is 12.3 Å². The van der Waals surface area contributed by atoms with Crippen LogP contribution in [0.3, 0.4) is 0 Å². The summed E-state index contributed by atoms with van der Waals surface area (Å²) in [7, 11) is 0. The molecule has 0 unspecified atom stereocenters. The second-order valence-electron chi connectivity index (χ2n) is 5.44. The maximum atomic E-state index is 5.77. The number of aliphatic imine (C=N–C) groups is 1. The molecule has 1 aromatic heterocycles. The van der Waals surface area contributed by atoms with Gasteiger partial charge >= 0.3 is 0 Å². The third-order valence-corrected chi connectivity index (χ3v) is 3.22. The van der Waals surface area contributed by atoms with Crippen molar-refractivity contribution in [3.8, 4) is 5.88 Å². The first-order valence-electron chi connectivity index (χ1n) is 6.98. The van der Waals surface area contributed by atoms with Crippen LogP contribution < -0.4 is 4.74 Å². The summed E-state index contributed by atoms with van der Waals surface area (Å²) in [5.74, 6) is 1.25. The van der Waals surface area contributed by atoms with E-state index in [0.717, 1.165) is 29.1 Å². The zero-order chi connectivity index (χ0) is 13.9. The maximum Gasteiger partial charge on any atom is 0.240 e. The van der Waals surface area contributed by atoms with E-state index in [-0.39, 0.29) is 0 Å². The Bertz CT molecular complexity index is 633. The van der Waals surface area contributed by atoms with Gasteiger partial charge in [0.15, 0.2) is 0 Å². The topological polar surface area (TPSA) is 34.5 Å². The van der Waals surface area contributed by atoms with Crippen LogP contribution in [0.15, 0.2) is 47.5 Å². The van der Waals surface area contributed by atoms with Crippen LogP contribution >= 0.6 is 0 Å². The first-order valence-corrected chi connectivity index (χ1v) is 6.98. The minimum absolute atomic E-state index is 0.481. The summed E-state index contributed by atoms with van der Waals surface area (Å²) < 4.78 is 5.77. The number of fused-ring (bicyclic) bond motifs is 1. The fourth-order valence-corrected chi connectivity index (χ4v) is 2.29. The Balaban J connectivity index is 1.90. The van der Waals surface area contributed by atoms with Gasteiger partial charge in [-0.05, 0) is 30.0 Å². The van der Waals surface area contributed by atoms with Crippen LogP contribution in [0.1, 0.15) is 25.1 Å². The van der Waals surface area contributed by atoms with Crippen LogP contribution in [0.5, 0.6) is 5.88 Å². The molecule has 0 N–H and O–H groups in total. The number of benzene rings is 1. The van der Waals surface area contributed by atoms with Crippen molar-refractivity contribution in [2.75, 3.05) is 6.61 Å². The van der Waals surface area contributed by atoms with Crippen molar-refractivity contribution in [3.05, 3.63) is 53.7 Å². The molecule has 1 aromatic carbocycles. The highest BCUT2D eigenvalue weighted by atomic mass is 16.5. The Labute approximate surface area is 119 Å². The molecule has 0 aliphatic carbocycles. The Kier molecular flexibility index (Phi) is 3.50. The summed E-state index contributed by atoms with van der Waals surface area (Å²) in [6.07, 6.45) is 0.964. The van der Waals surface area contributed by atoms with E-state index in [4.69, 9.17) is 4.74 Å². The Morgan fingerprint density at radius 2 is 1.90 bits per heavy atom. The molecule has 102 valence electrons. The number of nitrogens with zero attached hydrogens (tertiary/aromatic N) is 2. The van der Waals surface area contributed by atoms with Gasteiger partial charge in [-0.3, -0.25) is 0 Å². The number of pyridine rings is 1. The fourth-order valence-electron chi connectivity index (χ4n) is 2.29. The number of hydrogen-bond donors (Lipinski definition) is 0. The SMILES string of the molecule is CC(C)Cc1ccc2c(n1)OCC(c1ccccc1)=N2. The van der Waals surface area contributed by atoms with E-state index < -0.39 is 0 Å². The van der Waals surface area contributed by atoms with Crippen LogP contribution in [-0.4, -0.2) is 17.3 Å². The second-order valence-corrected chi connectivity index (χ2v) is 5.44. The minimum atomic E-state index is 0.481. The van der Waals surface area contributed by atoms with E-state index >= 15 is 0 Å². The molecule has 3 rings (SSSR count). The van der Waals surface area contributed by atoms with Gasteiger partial charge in [0.05, 0.1) is 5.71 Å². The van der Waals surface area contributed by atoms with E-state index in [2.05, 4.69) is 23.8 Å². The largest absolute Gasteiger partial charge is 0.470 e. The maximum absolute atomic E-state index is 5.77. The molecular formula is C17H18N2O. The fraction of sp³-hybridized carbons (Fsp3) is 0.294. The van der Waals surface area contributed by atoms with Crippen molar-refractivity contribution in [1.29, 1.82) is 0 Å². The summed E-state index contributed by atoms with van der Waals surface area (Å²) in [6.45, 7) is 4.86. The number of rotatable bonds is 3. The molecule has 2 aromatic rings. The van der Waals surface area contributed by atoms with Crippen molar-refractivity contribution in [2.24, 2.45) is 10.9 Å². The zero-order valence-corrected chi connectivity index (χ0v) is 11.8. The minimum Gasteiger partial charge on any atom is -0.470 e. The molecule has 3 heteroatoms. The third kappa shape index (κ3) is 2.72. The Morgan fingerprint density at radius 3 is 2.65 bits per heavy atom. The Morgan fingerprint density at radius 1 is 1.10 bits per heavy atom. The molecule has 0 fully saturated rings. The van der Waals surface area contributed by atoms with E-state index in [1.54, 1.807) is 0 Å². The van der Waals surface area contributed by atoms with Crippen molar-refractivity contribution in [1.82, 2.24) is 4.98 Å². The van der Waals surface area contributed by atoms with Crippen LogP contribution in [-0.2, 0) is 6.42 Å². The molecule has 0 saturated carbocycles. The standard InChI is InChI=1S/C17H18N2O/c1-12(2)10-14-8-9-15-17(18-14)20-11-16(19-15)13-6-4-3-5-7-13/h3-9,12H,10-11H2,1-2H3. The summed E-state index contributed by atoms with van der Waals surface area (Å²) in [4.78, 5) is 9.22. The smallest absolute Gasteiger partial charge is 0.240 e. The van der Waals surface area contributed by atoms with Gasteiger partial charge in [0, 0.05) is 5.69 Å². The third-order valence-electron chi connectivity index (χ3n) is 3.22. The highest BCUT2D eigenvalue weighted by Crippen LogP contribution is 2.30. The van der Waals surface area contributed by atoms with Crippen molar-refractivity contribution in [3.63, 3.8) is 0 Å². The lowest BCUT2D eigenvalue weighted by atomic mass is 10.1. The molecule has 1 aliphatic heterocycles. The second kappa shape index (κ2) is 5.45. The van der Waals surface area contributed by atoms with Crippen LogP contribution in [0.25, 0.3) is 0 Å². The molecule has 2 heterocycles. The quantitative estimate of drug-likeness (QED) is 0.847. The molecular weight excluding hydrogens is 248 g/mol. The summed E-state index contributed by atoms with van der Waals surface area (Å²) in [5, 5.41) is 0. The lowest BCUT2D eigenvalue weighted by molar-refractivity contribution is 0.356. The molecule has 3 nitrogen and oxygen atoms in total. The molecule has 0 saturated heterocycles. The summed E-state index contributed by atoms with van der Waals surface area (Å²) in [6, 6.07) is 14.2. The average molecular weight is 266 g/mol. The highest BCUT2D eigenvalue weighted by molar-refractivity contribution is 6.04. The van der Waals surface area contributed by atoms with E-state index in [0.29, 0.717) is 18.4 Å². The lowest BCUT2D eigenvalue weighted by Crippen LogP contribution is -2.17. The first-order chi connectivity index (χ1) is 9.72. The van der Waals surface area contributed by atoms with Gasteiger partial charge < -0.3 is 4.74 Å². The first kappa shape index (κ1) is 12.9. The number of aromatic nitrogens is 1. The normalized spacial score (nSPS) is 13.7. The average Bonchev–Trinajstić information content (AvgIpc) is 2.47. The van der Waals surface area contributed by atoms with E-state index in [9.17, 15) is 0 Å². The highest BCUT2D eigenvalue weighted by Gasteiger charge is 2.16. The van der Waals surface area contributed by atoms with Crippen molar-refractivity contribution >= 4 is 11.4 Å². The summed E-state index contributed by atoms with van der Waals surface area (Å²) in [5.41, 5.74) is 3.95. The Hall–Kier alpha value is -2.16. The van der Waals surface area contributed by atoms with Gasteiger partial charge in [-0.25, -0.2) is 9.98 Å². The van der Waals surface area contributed by atoms with Crippen molar-refractivity contribution in [2.45, 2.75) is 20.3 Å². The van der Waals surface area contributed by atoms with Gasteiger partial charge in [-0.2, -0.15) is 0 Å². The molecule has 0 amide bonds. The van der Waals surface area contributed by atoms with E-state index in [1.165, 1.54) is 0 Å². The van der Waals surface area contributed by atoms with E-state index in [1.807, 2.05) is 42.5 Å². The van der Waals surface area contributed by atoms with Crippen LogP contribution in [0.4, 0.5) is 5.69 Å². The predicted molar refractivity (Wildman–Crippen MR) is 80.9 cm³/mol. The lowest BCUT2D eigenvalue weighted by Gasteiger charge is -2.17. The van der Waals surface area contributed by atoms with Gasteiger partial charge in [-0.1, -0.05) is 44.2 Å². The summed E-state index contributed by atoms with van der Waals surface area (Å²) >= 11 is 0. The predicted octanol–water partition coefficient (Wildman–Crippen LogP) is 3.79. The molecule has 1 aliphatic rings. The number of hydrogen-bond acceptors (Lipinski definition) is 3. The molecule has 0 spiro atoms. The van der Waals surface area contributed by atoms with Crippen molar-refractivity contribution < 1.29 is 4.74 Å². The molecule has 20 heavy (non-hydrogen) atoms. The molecule has 0 bridgehead atoms. The monoisotopic (exact) mass is 266 g/mol. The van der Waals surface area contributed by atoms with Gasteiger partial charge in [0.2, 0.25) is 5.88 Å². The zero-order valence-electron chi connectivity index (χ0n) is 11.8. The van der Waals surface area contributed by atoms with Crippen LogP contribution in [0, 0.1) is 5.92 Å². The van der Waals surface area contributed by atoms with Gasteiger partial charge in [-0.15, -0.1) is 0 Å². The van der Waals surface area contributed by atoms with Gasteiger partial charge in [0.25, 0.3) is 0 Å².